The Hall–Kier alpha value is -0.860. The highest BCUT2D eigenvalue weighted by molar-refractivity contribution is 5.97. The minimum atomic E-state index is -0.543. The number of esters is 1. The van der Waals surface area contributed by atoms with E-state index >= 15 is 0 Å². The van der Waals surface area contributed by atoms with E-state index < -0.39 is 5.92 Å². The molecule has 0 radical (unpaired) electrons. The van der Waals surface area contributed by atoms with Crippen LogP contribution in [0.4, 0.5) is 0 Å². The number of hydrogen-bond acceptors (Lipinski definition) is 3. The molecule has 0 rings (SSSR count). The molecule has 0 amide bonds. The molecule has 3 heteroatoms. The predicted octanol–water partition coefficient (Wildman–Crippen LogP) is 5.07. The van der Waals surface area contributed by atoms with Crippen LogP contribution in [0.2, 0.25) is 0 Å². The second-order valence-corrected chi connectivity index (χ2v) is 5.95. The van der Waals surface area contributed by atoms with E-state index in [0.29, 0.717) is 13.0 Å². The summed E-state index contributed by atoms with van der Waals surface area (Å²) in [4.78, 5) is 23.3. The van der Waals surface area contributed by atoms with Crippen molar-refractivity contribution >= 4 is 11.8 Å². The van der Waals surface area contributed by atoms with Crippen molar-refractivity contribution < 1.29 is 14.3 Å². The van der Waals surface area contributed by atoms with Crippen LogP contribution in [0, 0.1) is 5.92 Å². The molecule has 0 spiro atoms. The molecule has 0 aromatic heterocycles. The van der Waals surface area contributed by atoms with Crippen LogP contribution in [0.1, 0.15) is 91.4 Å². The number of unbranched alkanes of at least 4 members (excludes halogenated alkanes) is 8. The number of carbonyl (C=O) groups is 2. The van der Waals surface area contributed by atoms with Gasteiger partial charge in [-0.25, -0.2) is 0 Å². The Morgan fingerprint density at radius 2 is 1.33 bits per heavy atom. The van der Waals surface area contributed by atoms with Crippen molar-refractivity contribution in [2.75, 3.05) is 6.61 Å². The Balaban J connectivity index is 3.60. The SMILES string of the molecule is CCCCCCCCCCOC(=O)C(CCCC)C(C)=O. The van der Waals surface area contributed by atoms with Crippen LogP contribution in [0.5, 0.6) is 0 Å². The Morgan fingerprint density at radius 1 is 0.810 bits per heavy atom. The Kier molecular flexibility index (Phi) is 13.5. The molecule has 124 valence electrons. The van der Waals surface area contributed by atoms with Crippen molar-refractivity contribution in [2.24, 2.45) is 5.92 Å². The van der Waals surface area contributed by atoms with Gasteiger partial charge in [-0.3, -0.25) is 9.59 Å². The lowest BCUT2D eigenvalue weighted by molar-refractivity contribution is -0.152. The molecule has 0 aliphatic rings. The summed E-state index contributed by atoms with van der Waals surface area (Å²) in [6, 6.07) is 0. The molecule has 1 atom stereocenters. The number of ketones is 1. The highest BCUT2D eigenvalue weighted by atomic mass is 16.5. The average Bonchev–Trinajstić information content (AvgIpc) is 2.45. The number of hydrogen-bond donors (Lipinski definition) is 0. The van der Waals surface area contributed by atoms with Gasteiger partial charge in [0.2, 0.25) is 0 Å². The van der Waals surface area contributed by atoms with Crippen molar-refractivity contribution in [1.82, 2.24) is 0 Å². The smallest absolute Gasteiger partial charge is 0.316 e. The fourth-order valence-electron chi connectivity index (χ4n) is 2.40. The number of rotatable bonds is 14. The second kappa shape index (κ2) is 14.1. The van der Waals surface area contributed by atoms with Crippen LogP contribution >= 0.6 is 0 Å². The topological polar surface area (TPSA) is 43.4 Å². The normalized spacial score (nSPS) is 12.1. The van der Waals surface area contributed by atoms with E-state index in [2.05, 4.69) is 13.8 Å². The van der Waals surface area contributed by atoms with Crippen LogP contribution < -0.4 is 0 Å². The average molecular weight is 298 g/mol. The van der Waals surface area contributed by atoms with Gasteiger partial charge in [-0.05, 0) is 19.8 Å². The monoisotopic (exact) mass is 298 g/mol. The third-order valence-electron chi connectivity index (χ3n) is 3.86. The Labute approximate surface area is 130 Å². The van der Waals surface area contributed by atoms with Gasteiger partial charge in [-0.15, -0.1) is 0 Å². The molecule has 0 bridgehead atoms. The molecular weight excluding hydrogens is 264 g/mol. The molecule has 0 aromatic rings. The number of Topliss-reactive ketones (excluding diaryl/α,β-unsaturated/α-hetero) is 1. The largest absolute Gasteiger partial charge is 0.465 e. The van der Waals surface area contributed by atoms with E-state index in [4.69, 9.17) is 4.74 Å². The second-order valence-electron chi connectivity index (χ2n) is 5.95. The molecule has 0 N–H and O–H groups in total. The van der Waals surface area contributed by atoms with Crippen LogP contribution in [0.3, 0.4) is 0 Å². The number of ether oxygens (including phenoxy) is 1. The zero-order valence-electron chi connectivity index (χ0n) is 14.3. The molecule has 0 saturated carbocycles. The summed E-state index contributed by atoms with van der Waals surface area (Å²) in [6.07, 6.45) is 12.3. The first-order chi connectivity index (χ1) is 10.1. The van der Waals surface area contributed by atoms with Gasteiger partial charge in [-0.1, -0.05) is 71.6 Å². The van der Waals surface area contributed by atoms with Crippen LogP contribution in [-0.2, 0) is 14.3 Å². The van der Waals surface area contributed by atoms with E-state index in [1.54, 1.807) is 0 Å². The summed E-state index contributed by atoms with van der Waals surface area (Å²) in [6.45, 7) is 6.23. The predicted molar refractivity (Wildman–Crippen MR) is 87.3 cm³/mol. The molecule has 0 heterocycles. The van der Waals surface area contributed by atoms with Gasteiger partial charge in [0.05, 0.1) is 6.61 Å². The summed E-state index contributed by atoms with van der Waals surface area (Å²) >= 11 is 0. The lowest BCUT2D eigenvalue weighted by atomic mass is 9.98. The zero-order valence-corrected chi connectivity index (χ0v) is 14.3. The summed E-state index contributed by atoms with van der Waals surface area (Å²) in [7, 11) is 0. The highest BCUT2D eigenvalue weighted by Crippen LogP contribution is 2.13. The minimum absolute atomic E-state index is 0.0654. The van der Waals surface area contributed by atoms with Gasteiger partial charge >= 0.3 is 5.97 Å². The molecule has 0 aliphatic carbocycles. The van der Waals surface area contributed by atoms with Crippen LogP contribution in [0.25, 0.3) is 0 Å². The fourth-order valence-corrected chi connectivity index (χ4v) is 2.40. The van der Waals surface area contributed by atoms with Crippen molar-refractivity contribution in [1.29, 1.82) is 0 Å². The fraction of sp³-hybridized carbons (Fsp3) is 0.889. The van der Waals surface area contributed by atoms with Gasteiger partial charge in [-0.2, -0.15) is 0 Å². The zero-order chi connectivity index (χ0) is 15.9. The summed E-state index contributed by atoms with van der Waals surface area (Å²) in [5.74, 6) is -0.928. The summed E-state index contributed by atoms with van der Waals surface area (Å²) in [5, 5.41) is 0. The third-order valence-corrected chi connectivity index (χ3v) is 3.86. The van der Waals surface area contributed by atoms with Gasteiger partial charge in [0.25, 0.3) is 0 Å². The first kappa shape index (κ1) is 20.1. The van der Waals surface area contributed by atoms with E-state index in [-0.39, 0.29) is 11.8 Å². The van der Waals surface area contributed by atoms with Crippen LogP contribution in [-0.4, -0.2) is 18.4 Å². The first-order valence-electron chi connectivity index (χ1n) is 8.80. The standard InChI is InChI=1S/C18H34O3/c1-4-6-8-9-10-11-12-13-15-21-18(20)17(16(3)19)14-7-5-2/h17H,4-15H2,1-3H3. The number of carbonyl (C=O) groups excluding carboxylic acids is 2. The quantitative estimate of drug-likeness (QED) is 0.255. The van der Waals surface area contributed by atoms with Gasteiger partial charge in [0.1, 0.15) is 11.7 Å². The minimum Gasteiger partial charge on any atom is -0.465 e. The van der Waals surface area contributed by atoms with Gasteiger partial charge in [0.15, 0.2) is 0 Å². The summed E-state index contributed by atoms with van der Waals surface area (Å²) < 4.78 is 5.25. The lowest BCUT2D eigenvalue weighted by Crippen LogP contribution is -2.24. The van der Waals surface area contributed by atoms with E-state index in [0.717, 1.165) is 25.7 Å². The highest BCUT2D eigenvalue weighted by Gasteiger charge is 2.23. The van der Waals surface area contributed by atoms with E-state index in [9.17, 15) is 9.59 Å². The molecule has 0 aliphatic heterocycles. The summed E-state index contributed by atoms with van der Waals surface area (Å²) in [5.41, 5.74) is 0. The van der Waals surface area contributed by atoms with Gasteiger partial charge in [0, 0.05) is 0 Å². The maximum absolute atomic E-state index is 11.9. The lowest BCUT2D eigenvalue weighted by Gasteiger charge is -2.12. The molecule has 0 aromatic carbocycles. The van der Waals surface area contributed by atoms with Crippen molar-refractivity contribution in [2.45, 2.75) is 91.4 Å². The van der Waals surface area contributed by atoms with Gasteiger partial charge < -0.3 is 4.74 Å². The Morgan fingerprint density at radius 3 is 1.86 bits per heavy atom. The van der Waals surface area contributed by atoms with Crippen molar-refractivity contribution in [3.63, 3.8) is 0 Å². The molecule has 1 unspecified atom stereocenters. The van der Waals surface area contributed by atoms with Crippen molar-refractivity contribution in [3.05, 3.63) is 0 Å². The molecular formula is C18H34O3. The maximum Gasteiger partial charge on any atom is 0.316 e. The maximum atomic E-state index is 11.9. The molecule has 3 nitrogen and oxygen atoms in total. The Bertz CT molecular complexity index is 274. The third kappa shape index (κ3) is 11.5. The van der Waals surface area contributed by atoms with E-state index in [1.165, 1.54) is 45.4 Å². The first-order valence-corrected chi connectivity index (χ1v) is 8.80. The van der Waals surface area contributed by atoms with Crippen LogP contribution in [0.15, 0.2) is 0 Å². The van der Waals surface area contributed by atoms with E-state index in [1.807, 2.05) is 0 Å². The molecule has 0 fully saturated rings. The molecule has 0 saturated heterocycles. The van der Waals surface area contributed by atoms with Crippen molar-refractivity contribution in [3.8, 4) is 0 Å². The molecule has 21 heavy (non-hydrogen) atoms.